The molecule has 9 nitrogen and oxygen atoms in total. The molecule has 0 saturated carbocycles. The van der Waals surface area contributed by atoms with Gasteiger partial charge >= 0.3 is 7.60 Å². The van der Waals surface area contributed by atoms with Gasteiger partial charge in [-0.05, 0) is 31.5 Å². The molecule has 1 aromatic heterocycles. The normalized spacial score (nSPS) is 12.1. The Morgan fingerprint density at radius 1 is 1.12 bits per heavy atom. The third-order valence-corrected chi connectivity index (χ3v) is 5.08. The number of nitrogens with zero attached hydrogens (tertiary/aromatic N) is 3. The van der Waals surface area contributed by atoms with E-state index in [1.54, 1.807) is 38.1 Å². The van der Waals surface area contributed by atoms with Crippen LogP contribution in [0.25, 0.3) is 0 Å². The molecule has 1 aromatic carbocycles. The fourth-order valence-corrected chi connectivity index (χ4v) is 3.69. The molecule has 0 atom stereocenters. The number of aromatic amines is 1. The largest absolute Gasteiger partial charge is 0.382 e. The molecule has 5 N–H and O–H groups in total. The first-order valence-corrected chi connectivity index (χ1v) is 9.18. The van der Waals surface area contributed by atoms with E-state index in [0.717, 1.165) is 5.56 Å². The number of anilines is 2. The van der Waals surface area contributed by atoms with Crippen molar-refractivity contribution in [2.24, 2.45) is 10.2 Å². The Hall–Kier alpha value is -2.22. The highest BCUT2D eigenvalue weighted by Crippen LogP contribution is 2.51. The van der Waals surface area contributed by atoms with Crippen molar-refractivity contribution in [1.82, 2.24) is 10.2 Å². The molecule has 10 heteroatoms. The zero-order chi connectivity index (χ0) is 17.6. The summed E-state index contributed by atoms with van der Waals surface area (Å²) in [7, 11) is -3.12. The van der Waals surface area contributed by atoms with Crippen LogP contribution >= 0.6 is 7.60 Å². The minimum atomic E-state index is -3.12. The van der Waals surface area contributed by atoms with Crippen LogP contribution in [0, 0.1) is 0 Å². The highest BCUT2D eigenvalue weighted by molar-refractivity contribution is 7.53. The van der Waals surface area contributed by atoms with Crippen molar-refractivity contribution in [1.29, 1.82) is 0 Å². The lowest BCUT2D eigenvalue weighted by atomic mass is 10.2. The summed E-state index contributed by atoms with van der Waals surface area (Å²) in [4.78, 5) is 0. The van der Waals surface area contributed by atoms with Crippen molar-refractivity contribution in [2.45, 2.75) is 20.0 Å². The van der Waals surface area contributed by atoms with Gasteiger partial charge in [-0.25, -0.2) is 0 Å². The highest BCUT2D eigenvalue weighted by atomic mass is 31.2. The predicted molar refractivity (Wildman–Crippen MR) is 92.6 cm³/mol. The minimum Gasteiger partial charge on any atom is -0.382 e. The summed E-state index contributed by atoms with van der Waals surface area (Å²) < 4.78 is 23.1. The molecule has 0 unspecified atom stereocenters. The van der Waals surface area contributed by atoms with E-state index in [1.165, 1.54) is 0 Å². The molecule has 2 aromatic rings. The van der Waals surface area contributed by atoms with Crippen molar-refractivity contribution in [3.63, 3.8) is 0 Å². The van der Waals surface area contributed by atoms with Gasteiger partial charge in [0.05, 0.1) is 25.1 Å². The van der Waals surface area contributed by atoms with Gasteiger partial charge in [-0.15, -0.1) is 5.11 Å². The van der Waals surface area contributed by atoms with Gasteiger partial charge in [-0.3, -0.25) is 9.66 Å². The monoisotopic (exact) mass is 352 g/mol. The van der Waals surface area contributed by atoms with Crippen LogP contribution in [0.5, 0.6) is 0 Å². The van der Waals surface area contributed by atoms with Gasteiger partial charge in [0.1, 0.15) is 5.82 Å². The maximum absolute atomic E-state index is 12.5. The van der Waals surface area contributed by atoms with E-state index < -0.39 is 7.60 Å². The van der Waals surface area contributed by atoms with Crippen LogP contribution in [0.15, 0.2) is 34.5 Å². The molecule has 1 heterocycles. The van der Waals surface area contributed by atoms with E-state index in [4.69, 9.17) is 20.5 Å². The number of rotatable bonds is 8. The molecule has 0 fully saturated rings. The van der Waals surface area contributed by atoms with Crippen LogP contribution < -0.4 is 11.5 Å². The minimum absolute atomic E-state index is 0.183. The number of H-pyrrole nitrogens is 1. The van der Waals surface area contributed by atoms with Crippen LogP contribution in [0.1, 0.15) is 19.4 Å². The second-order valence-electron chi connectivity index (χ2n) is 4.84. The molecule has 2 rings (SSSR count). The summed E-state index contributed by atoms with van der Waals surface area (Å²) in [5.74, 6) is 0.435. The van der Waals surface area contributed by atoms with Gasteiger partial charge in [0, 0.05) is 0 Å². The topological polar surface area (TPSA) is 141 Å². The molecule has 0 amide bonds. The maximum atomic E-state index is 12.5. The smallest absolute Gasteiger partial charge is 0.335 e. The summed E-state index contributed by atoms with van der Waals surface area (Å²) in [6.07, 6.45) is 0.202. The van der Waals surface area contributed by atoms with Crippen LogP contribution in [-0.4, -0.2) is 23.4 Å². The van der Waals surface area contributed by atoms with Crippen molar-refractivity contribution in [2.75, 3.05) is 24.7 Å². The molecule has 0 aliphatic rings. The van der Waals surface area contributed by atoms with E-state index in [2.05, 4.69) is 20.4 Å². The third kappa shape index (κ3) is 4.64. The first kappa shape index (κ1) is 18.1. The summed E-state index contributed by atoms with van der Waals surface area (Å²) in [6.45, 7) is 4.22. The summed E-state index contributed by atoms with van der Waals surface area (Å²) in [6, 6.07) is 7.07. The number of hydrogen-bond donors (Lipinski definition) is 3. The highest BCUT2D eigenvalue weighted by Gasteiger charge is 2.23. The first-order chi connectivity index (χ1) is 11.5. The second kappa shape index (κ2) is 8.05. The van der Waals surface area contributed by atoms with Gasteiger partial charge in [0.15, 0.2) is 11.5 Å². The van der Waals surface area contributed by atoms with E-state index in [9.17, 15) is 4.57 Å². The lowest BCUT2D eigenvalue weighted by molar-refractivity contribution is 0.219. The van der Waals surface area contributed by atoms with Gasteiger partial charge in [0.25, 0.3) is 0 Å². The molecule has 0 saturated heterocycles. The second-order valence-corrected chi connectivity index (χ2v) is 6.90. The van der Waals surface area contributed by atoms with Gasteiger partial charge in [0.2, 0.25) is 0 Å². The zero-order valence-corrected chi connectivity index (χ0v) is 14.5. The van der Waals surface area contributed by atoms with Crippen molar-refractivity contribution in [3.05, 3.63) is 29.8 Å². The van der Waals surface area contributed by atoms with Crippen LogP contribution in [-0.2, 0) is 19.8 Å². The Morgan fingerprint density at radius 2 is 1.75 bits per heavy atom. The number of hydrogen-bond acceptors (Lipinski definition) is 8. The van der Waals surface area contributed by atoms with Crippen molar-refractivity contribution >= 4 is 30.6 Å². The van der Waals surface area contributed by atoms with Crippen LogP contribution in [0.3, 0.4) is 0 Å². The zero-order valence-electron chi connectivity index (χ0n) is 13.6. The molecule has 130 valence electrons. The molecule has 0 spiro atoms. The Balaban J connectivity index is 2.09. The van der Waals surface area contributed by atoms with E-state index >= 15 is 0 Å². The molecule has 0 aliphatic carbocycles. The molecule has 24 heavy (non-hydrogen) atoms. The Morgan fingerprint density at radius 3 is 2.25 bits per heavy atom. The SMILES string of the molecule is CCOP(=O)(Cc1ccc(N=Nc2c(N)n[nH]c2N)cc1)OCC. The van der Waals surface area contributed by atoms with Crippen LogP contribution in [0.2, 0.25) is 0 Å². The van der Waals surface area contributed by atoms with Crippen molar-refractivity contribution in [3.8, 4) is 0 Å². The number of nitrogens with two attached hydrogens (primary N) is 2. The summed E-state index contributed by atoms with van der Waals surface area (Å²) in [5, 5.41) is 14.3. The van der Waals surface area contributed by atoms with E-state index in [-0.39, 0.29) is 17.8 Å². The fraction of sp³-hybridized carbons (Fsp3) is 0.357. The number of azo groups is 1. The van der Waals surface area contributed by atoms with Crippen LogP contribution in [0.4, 0.5) is 23.0 Å². The first-order valence-electron chi connectivity index (χ1n) is 7.45. The van der Waals surface area contributed by atoms with Gasteiger partial charge in [-0.1, -0.05) is 12.1 Å². The molecule has 0 bridgehead atoms. The third-order valence-electron chi connectivity index (χ3n) is 3.02. The van der Waals surface area contributed by atoms with Gasteiger partial charge in [-0.2, -0.15) is 10.2 Å². The fourth-order valence-electron chi connectivity index (χ4n) is 1.99. The number of aromatic nitrogens is 2. The maximum Gasteiger partial charge on any atom is 0.335 e. The molecular weight excluding hydrogens is 331 g/mol. The number of nitrogen functional groups attached to an aromatic ring is 2. The summed E-state index contributed by atoms with van der Waals surface area (Å²) >= 11 is 0. The Bertz CT molecular complexity index is 714. The average molecular weight is 352 g/mol. The Kier molecular flexibility index (Phi) is 6.08. The standard InChI is InChI=1S/C14H21N6O3P/c1-3-22-24(21,23-4-2)9-10-5-7-11(8-6-10)17-18-12-13(15)19-20-14(12)16/h5-8H,3-4,9H2,1-2H3,(H5,15,16,19,20). The number of benzene rings is 1. The molecular formula is C14H21N6O3P. The van der Waals surface area contributed by atoms with Gasteiger partial charge < -0.3 is 20.5 Å². The molecule has 0 aliphatic heterocycles. The molecule has 0 radical (unpaired) electrons. The Labute approximate surface area is 140 Å². The number of nitrogens with one attached hydrogen (secondary N) is 1. The van der Waals surface area contributed by atoms with E-state index in [0.29, 0.717) is 24.6 Å². The van der Waals surface area contributed by atoms with Crippen molar-refractivity contribution < 1.29 is 13.6 Å². The average Bonchev–Trinajstić information content (AvgIpc) is 2.86. The van der Waals surface area contributed by atoms with E-state index in [1.807, 2.05) is 0 Å². The lowest BCUT2D eigenvalue weighted by Gasteiger charge is -2.16. The quantitative estimate of drug-likeness (QED) is 0.488. The lowest BCUT2D eigenvalue weighted by Crippen LogP contribution is -1.98. The summed E-state index contributed by atoms with van der Waals surface area (Å²) in [5.41, 5.74) is 13.0. The predicted octanol–water partition coefficient (Wildman–Crippen LogP) is 3.76.